The van der Waals surface area contributed by atoms with E-state index in [1.165, 1.54) is 11.1 Å². The maximum absolute atomic E-state index is 12.1. The summed E-state index contributed by atoms with van der Waals surface area (Å²) in [6.07, 6.45) is 1.12. The molecule has 2 amide bonds. The number of amides is 2. The fourth-order valence-corrected chi connectivity index (χ4v) is 2.90. The van der Waals surface area contributed by atoms with Gasteiger partial charge in [0.15, 0.2) is 0 Å². The van der Waals surface area contributed by atoms with E-state index < -0.39 is 5.41 Å². The Morgan fingerprint density at radius 3 is 1.81 bits per heavy atom. The van der Waals surface area contributed by atoms with Crippen LogP contribution in [0, 0.1) is 5.41 Å². The van der Waals surface area contributed by atoms with E-state index in [4.69, 9.17) is 0 Å². The van der Waals surface area contributed by atoms with E-state index in [1.807, 2.05) is 57.2 Å². The fraction of sp³-hybridized carbons (Fsp3) is 0.391. The molecule has 2 rings (SSSR count). The molecule has 0 aliphatic heterocycles. The number of hydrogen-bond acceptors (Lipinski definition) is 2. The quantitative estimate of drug-likeness (QED) is 0.745. The Morgan fingerprint density at radius 1 is 0.815 bits per heavy atom. The highest BCUT2D eigenvalue weighted by Gasteiger charge is 2.20. The van der Waals surface area contributed by atoms with E-state index in [9.17, 15) is 9.59 Å². The summed E-state index contributed by atoms with van der Waals surface area (Å²) in [7, 11) is 0. The van der Waals surface area contributed by atoms with Crippen molar-refractivity contribution in [2.45, 2.75) is 39.5 Å². The van der Waals surface area contributed by atoms with Crippen LogP contribution in [0.2, 0.25) is 0 Å². The molecule has 4 heteroatoms. The summed E-state index contributed by atoms with van der Waals surface area (Å²) in [6.45, 7) is 6.53. The van der Waals surface area contributed by atoms with Gasteiger partial charge in [0, 0.05) is 30.8 Å². The fourth-order valence-electron chi connectivity index (χ4n) is 2.90. The molecule has 27 heavy (non-hydrogen) atoms. The molecule has 4 nitrogen and oxygen atoms in total. The van der Waals surface area contributed by atoms with Gasteiger partial charge in [-0.15, -0.1) is 0 Å². The molecule has 0 unspecified atom stereocenters. The van der Waals surface area contributed by atoms with Gasteiger partial charge in [-0.05, 0) is 17.5 Å². The highest BCUT2D eigenvalue weighted by Crippen LogP contribution is 2.27. The van der Waals surface area contributed by atoms with Gasteiger partial charge in [0.25, 0.3) is 0 Å². The standard InChI is InChI=1S/C23H30N2O2/c1-23(2,3)22(27)25-17-15-21(26)24-16-14-20(18-10-6-4-7-11-18)19-12-8-5-9-13-19/h4-13,20H,14-17H2,1-3H3,(H,24,26)(H,25,27). The van der Waals surface area contributed by atoms with Gasteiger partial charge in [-0.2, -0.15) is 0 Å². The first-order valence-corrected chi connectivity index (χ1v) is 9.53. The van der Waals surface area contributed by atoms with E-state index in [2.05, 4.69) is 34.9 Å². The Bertz CT molecular complexity index is 682. The molecular formula is C23H30N2O2. The molecule has 0 spiro atoms. The van der Waals surface area contributed by atoms with Crippen LogP contribution in [0.4, 0.5) is 0 Å². The lowest BCUT2D eigenvalue weighted by Crippen LogP contribution is -2.37. The summed E-state index contributed by atoms with van der Waals surface area (Å²) in [4.78, 5) is 23.9. The van der Waals surface area contributed by atoms with Gasteiger partial charge in [-0.1, -0.05) is 81.4 Å². The van der Waals surface area contributed by atoms with Crippen LogP contribution in [-0.4, -0.2) is 24.9 Å². The zero-order valence-electron chi connectivity index (χ0n) is 16.5. The summed E-state index contributed by atoms with van der Waals surface area (Å²) in [5, 5.41) is 5.78. The van der Waals surface area contributed by atoms with Crippen LogP contribution in [0.5, 0.6) is 0 Å². The Morgan fingerprint density at radius 2 is 1.33 bits per heavy atom. The van der Waals surface area contributed by atoms with Crippen molar-refractivity contribution < 1.29 is 9.59 Å². The Kier molecular flexibility index (Phi) is 7.59. The van der Waals surface area contributed by atoms with Gasteiger partial charge in [0.2, 0.25) is 11.8 Å². The van der Waals surface area contributed by atoms with Crippen molar-refractivity contribution in [3.63, 3.8) is 0 Å². The largest absolute Gasteiger partial charge is 0.356 e. The highest BCUT2D eigenvalue weighted by atomic mass is 16.2. The van der Waals surface area contributed by atoms with Crippen LogP contribution in [0.25, 0.3) is 0 Å². The zero-order chi connectivity index (χ0) is 19.7. The summed E-state index contributed by atoms with van der Waals surface area (Å²) >= 11 is 0. The van der Waals surface area contributed by atoms with Crippen molar-refractivity contribution >= 4 is 11.8 Å². The van der Waals surface area contributed by atoms with Gasteiger partial charge in [0.05, 0.1) is 0 Å². The molecule has 0 aliphatic carbocycles. The Balaban J connectivity index is 1.84. The lowest BCUT2D eigenvalue weighted by molar-refractivity contribution is -0.128. The monoisotopic (exact) mass is 366 g/mol. The summed E-state index contributed by atoms with van der Waals surface area (Å²) in [6, 6.07) is 20.7. The molecule has 0 saturated carbocycles. The van der Waals surface area contributed by atoms with E-state index >= 15 is 0 Å². The summed E-state index contributed by atoms with van der Waals surface area (Å²) < 4.78 is 0. The molecule has 0 fully saturated rings. The number of carbonyl (C=O) groups excluding carboxylic acids is 2. The summed E-state index contributed by atoms with van der Waals surface area (Å²) in [5.74, 6) is 0.167. The van der Waals surface area contributed by atoms with E-state index in [0.29, 0.717) is 19.5 Å². The second-order valence-electron chi connectivity index (χ2n) is 7.77. The van der Waals surface area contributed by atoms with Crippen molar-refractivity contribution in [3.8, 4) is 0 Å². The first-order valence-electron chi connectivity index (χ1n) is 9.53. The topological polar surface area (TPSA) is 58.2 Å². The van der Waals surface area contributed by atoms with Crippen molar-refractivity contribution in [2.75, 3.05) is 13.1 Å². The minimum absolute atomic E-state index is 0.0379. The SMILES string of the molecule is CC(C)(C)C(=O)NCCC(=O)NCCC(c1ccccc1)c1ccccc1. The predicted molar refractivity (Wildman–Crippen MR) is 109 cm³/mol. The Labute approximate surface area is 162 Å². The van der Waals surface area contributed by atoms with Crippen molar-refractivity contribution in [1.82, 2.24) is 10.6 Å². The van der Waals surface area contributed by atoms with Crippen LogP contribution < -0.4 is 10.6 Å². The number of nitrogens with one attached hydrogen (secondary N) is 2. The average molecular weight is 367 g/mol. The molecule has 0 heterocycles. The maximum Gasteiger partial charge on any atom is 0.225 e. The van der Waals surface area contributed by atoms with Gasteiger partial charge in [-0.25, -0.2) is 0 Å². The third-order valence-corrected chi connectivity index (χ3v) is 4.48. The molecule has 0 aliphatic rings. The first-order chi connectivity index (χ1) is 12.9. The Hall–Kier alpha value is -2.62. The van der Waals surface area contributed by atoms with Crippen LogP contribution in [0.3, 0.4) is 0 Å². The average Bonchev–Trinajstić information content (AvgIpc) is 2.66. The van der Waals surface area contributed by atoms with E-state index in [-0.39, 0.29) is 17.7 Å². The van der Waals surface area contributed by atoms with E-state index in [0.717, 1.165) is 6.42 Å². The van der Waals surface area contributed by atoms with Crippen molar-refractivity contribution in [1.29, 1.82) is 0 Å². The highest BCUT2D eigenvalue weighted by molar-refractivity contribution is 5.82. The lowest BCUT2D eigenvalue weighted by atomic mass is 9.88. The molecular weight excluding hydrogens is 336 g/mol. The number of benzene rings is 2. The van der Waals surface area contributed by atoms with Crippen molar-refractivity contribution in [2.24, 2.45) is 5.41 Å². The molecule has 0 aromatic heterocycles. The molecule has 0 bridgehead atoms. The first kappa shape index (κ1) is 20.7. The molecule has 2 aromatic rings. The number of hydrogen-bond donors (Lipinski definition) is 2. The molecule has 2 aromatic carbocycles. The van der Waals surface area contributed by atoms with Crippen LogP contribution in [0.1, 0.15) is 50.7 Å². The third-order valence-electron chi connectivity index (χ3n) is 4.48. The number of rotatable bonds is 8. The van der Waals surface area contributed by atoms with Crippen LogP contribution in [0.15, 0.2) is 60.7 Å². The van der Waals surface area contributed by atoms with Gasteiger partial charge in [0.1, 0.15) is 0 Å². The molecule has 0 saturated heterocycles. The third kappa shape index (κ3) is 6.89. The minimum atomic E-state index is -0.435. The van der Waals surface area contributed by atoms with Gasteiger partial charge >= 0.3 is 0 Å². The van der Waals surface area contributed by atoms with Crippen molar-refractivity contribution in [3.05, 3.63) is 71.8 Å². The molecule has 144 valence electrons. The number of carbonyl (C=O) groups is 2. The normalized spacial score (nSPS) is 11.3. The molecule has 0 radical (unpaired) electrons. The minimum Gasteiger partial charge on any atom is -0.356 e. The smallest absolute Gasteiger partial charge is 0.225 e. The lowest BCUT2D eigenvalue weighted by Gasteiger charge is -2.19. The zero-order valence-corrected chi connectivity index (χ0v) is 16.5. The van der Waals surface area contributed by atoms with Crippen LogP contribution >= 0.6 is 0 Å². The second kappa shape index (κ2) is 9.91. The predicted octanol–water partition coefficient (Wildman–Crippen LogP) is 3.88. The maximum atomic E-state index is 12.1. The van der Waals surface area contributed by atoms with Crippen LogP contribution in [-0.2, 0) is 9.59 Å². The van der Waals surface area contributed by atoms with Gasteiger partial charge in [-0.3, -0.25) is 9.59 Å². The second-order valence-corrected chi connectivity index (χ2v) is 7.77. The molecule has 2 N–H and O–H groups in total. The van der Waals surface area contributed by atoms with E-state index in [1.54, 1.807) is 0 Å². The molecule has 0 atom stereocenters. The van der Waals surface area contributed by atoms with Gasteiger partial charge < -0.3 is 10.6 Å². The summed E-state index contributed by atoms with van der Waals surface area (Å²) in [5.41, 5.74) is 2.06.